The summed E-state index contributed by atoms with van der Waals surface area (Å²) in [5, 5.41) is 0. The number of nitrogens with zero attached hydrogens (tertiary/aromatic N) is 2. The highest BCUT2D eigenvalue weighted by atomic mass is 32.1. The molecule has 1 aliphatic rings. The Kier molecular flexibility index (Phi) is 9.50. The molecule has 1 aliphatic heterocycles. The van der Waals surface area contributed by atoms with Crippen molar-refractivity contribution in [3.8, 4) is 23.0 Å². The number of methoxy groups -OCH3 is 2. The van der Waals surface area contributed by atoms with Gasteiger partial charge < -0.3 is 23.7 Å². The van der Waals surface area contributed by atoms with Crippen LogP contribution in [0.5, 0.6) is 23.0 Å². The first kappa shape index (κ1) is 30.6. The summed E-state index contributed by atoms with van der Waals surface area (Å²) in [4.78, 5) is 31.7. The molecule has 44 heavy (non-hydrogen) atoms. The number of hydrogen-bond donors (Lipinski definition) is 0. The zero-order valence-corrected chi connectivity index (χ0v) is 26.1. The van der Waals surface area contributed by atoms with Gasteiger partial charge in [0.15, 0.2) is 27.8 Å². The third kappa shape index (κ3) is 6.40. The second-order valence-electron chi connectivity index (χ2n) is 9.94. The van der Waals surface area contributed by atoms with Crippen LogP contribution in [-0.2, 0) is 16.1 Å². The molecule has 1 aromatic heterocycles. The minimum atomic E-state index is -0.775. The number of ether oxygens (including phenoxy) is 5. The number of thiazole rings is 1. The van der Waals surface area contributed by atoms with E-state index in [1.165, 1.54) is 29.2 Å². The molecule has 10 heteroatoms. The average Bonchev–Trinajstić information content (AvgIpc) is 3.35. The van der Waals surface area contributed by atoms with Crippen molar-refractivity contribution in [2.45, 2.75) is 33.4 Å². The zero-order chi connectivity index (χ0) is 31.2. The van der Waals surface area contributed by atoms with Gasteiger partial charge in [-0.15, -0.1) is 0 Å². The van der Waals surface area contributed by atoms with Crippen LogP contribution in [0.3, 0.4) is 0 Å². The molecule has 4 aromatic rings. The summed E-state index contributed by atoms with van der Waals surface area (Å²) in [5.41, 5.74) is 3.56. The normalized spacial score (nSPS) is 14.2. The van der Waals surface area contributed by atoms with Crippen molar-refractivity contribution in [2.24, 2.45) is 4.99 Å². The zero-order valence-electron chi connectivity index (χ0n) is 25.3. The Bertz CT molecular complexity index is 1890. The van der Waals surface area contributed by atoms with Gasteiger partial charge in [-0.25, -0.2) is 9.79 Å². The number of carbonyl (C=O) groups excluding carboxylic acids is 1. The Morgan fingerprint density at radius 1 is 0.932 bits per heavy atom. The molecule has 0 aliphatic carbocycles. The standard InChI is InChI=1S/C34H34N2O7S/c1-6-41-27-14-12-24(18-29(27)42-7-2)31-25(33(38)40-5)19-35-34-36(31)32(37)30(44-34)17-22-11-13-26(28(16-22)39-4)43-20-23-10-8-9-21(3)15-23/h8-19,31H,6-7,20H2,1-5H3/b30-17-/t31-/m0/s1. The Morgan fingerprint density at radius 3 is 2.41 bits per heavy atom. The van der Waals surface area contributed by atoms with E-state index >= 15 is 0 Å². The van der Waals surface area contributed by atoms with Crippen LogP contribution in [0.4, 0.5) is 0 Å². The molecule has 0 bridgehead atoms. The van der Waals surface area contributed by atoms with Crippen molar-refractivity contribution in [3.63, 3.8) is 0 Å². The predicted molar refractivity (Wildman–Crippen MR) is 168 cm³/mol. The molecule has 5 rings (SSSR count). The van der Waals surface area contributed by atoms with Crippen LogP contribution in [0.2, 0.25) is 0 Å². The highest BCUT2D eigenvalue weighted by Gasteiger charge is 2.31. The number of carbonyl (C=O) groups is 1. The van der Waals surface area contributed by atoms with Crippen molar-refractivity contribution in [1.82, 2.24) is 4.57 Å². The van der Waals surface area contributed by atoms with Gasteiger partial charge in [0, 0.05) is 6.20 Å². The van der Waals surface area contributed by atoms with E-state index in [2.05, 4.69) is 11.1 Å². The predicted octanol–water partition coefficient (Wildman–Crippen LogP) is 4.71. The van der Waals surface area contributed by atoms with E-state index in [9.17, 15) is 9.59 Å². The topological polar surface area (TPSA) is 97.6 Å². The summed E-state index contributed by atoms with van der Waals surface area (Å²) in [6.45, 7) is 7.09. The Morgan fingerprint density at radius 2 is 1.68 bits per heavy atom. The smallest absolute Gasteiger partial charge is 0.337 e. The minimum absolute atomic E-state index is 0.231. The number of benzene rings is 3. The summed E-state index contributed by atoms with van der Waals surface area (Å²) < 4.78 is 30.2. The summed E-state index contributed by atoms with van der Waals surface area (Å²) in [5.74, 6) is 1.66. The second kappa shape index (κ2) is 13.6. The third-order valence-electron chi connectivity index (χ3n) is 6.97. The molecule has 0 unspecified atom stereocenters. The van der Waals surface area contributed by atoms with Crippen molar-refractivity contribution in [2.75, 3.05) is 27.4 Å². The summed E-state index contributed by atoms with van der Waals surface area (Å²) in [6, 6.07) is 18.2. The number of esters is 1. The molecular weight excluding hydrogens is 580 g/mol. The first-order valence-electron chi connectivity index (χ1n) is 14.2. The number of aryl methyl sites for hydroxylation is 1. The minimum Gasteiger partial charge on any atom is -0.493 e. The maximum atomic E-state index is 13.9. The molecule has 9 nitrogen and oxygen atoms in total. The van der Waals surface area contributed by atoms with Gasteiger partial charge >= 0.3 is 5.97 Å². The maximum absolute atomic E-state index is 13.9. The Labute approximate surface area is 259 Å². The second-order valence-corrected chi connectivity index (χ2v) is 10.9. The van der Waals surface area contributed by atoms with Gasteiger partial charge in [0.2, 0.25) is 0 Å². The van der Waals surface area contributed by atoms with E-state index < -0.39 is 12.0 Å². The third-order valence-corrected chi connectivity index (χ3v) is 7.97. The SMILES string of the molecule is CCOc1ccc([C@H]2C(C(=O)OC)=CN=c3s/c(=C\c4ccc(OCc5cccc(C)c5)c(OC)c4)c(=O)n32)cc1OCC. The summed E-state index contributed by atoms with van der Waals surface area (Å²) in [7, 11) is 2.88. The van der Waals surface area contributed by atoms with Crippen LogP contribution in [0.1, 0.15) is 42.1 Å². The lowest BCUT2D eigenvalue weighted by Gasteiger charge is -2.23. The van der Waals surface area contributed by atoms with Crippen LogP contribution in [0, 0.1) is 6.92 Å². The lowest BCUT2D eigenvalue weighted by molar-refractivity contribution is -0.136. The first-order chi connectivity index (χ1) is 21.4. The molecule has 0 amide bonds. The average molecular weight is 615 g/mol. The van der Waals surface area contributed by atoms with Crippen LogP contribution >= 0.6 is 11.3 Å². The molecule has 0 saturated carbocycles. The number of fused-ring (bicyclic) bond motifs is 1. The maximum Gasteiger partial charge on any atom is 0.337 e. The van der Waals surface area contributed by atoms with Gasteiger partial charge in [0.05, 0.1) is 43.6 Å². The van der Waals surface area contributed by atoms with Crippen molar-refractivity contribution in [1.29, 1.82) is 0 Å². The molecule has 2 heterocycles. The van der Waals surface area contributed by atoms with Crippen LogP contribution in [0.15, 0.2) is 82.2 Å². The fourth-order valence-electron chi connectivity index (χ4n) is 4.99. The Hall–Kier alpha value is -4.83. The molecule has 0 saturated heterocycles. The van der Waals surface area contributed by atoms with Gasteiger partial charge in [-0.3, -0.25) is 9.36 Å². The lowest BCUT2D eigenvalue weighted by Crippen LogP contribution is -2.39. The van der Waals surface area contributed by atoms with Crippen LogP contribution in [0.25, 0.3) is 6.08 Å². The quantitative estimate of drug-likeness (QED) is 0.226. The molecule has 228 valence electrons. The lowest BCUT2D eigenvalue weighted by atomic mass is 9.97. The van der Waals surface area contributed by atoms with Gasteiger partial charge in [-0.1, -0.05) is 53.3 Å². The monoisotopic (exact) mass is 614 g/mol. The molecule has 0 fully saturated rings. The first-order valence-corrected chi connectivity index (χ1v) is 15.0. The molecule has 0 N–H and O–H groups in total. The molecular formula is C34H34N2O7S. The molecule has 3 aromatic carbocycles. The Balaban J connectivity index is 1.53. The van der Waals surface area contributed by atoms with Gasteiger partial charge in [-0.05, 0) is 67.8 Å². The number of rotatable bonds is 11. The van der Waals surface area contributed by atoms with Crippen LogP contribution < -0.4 is 33.8 Å². The molecule has 0 spiro atoms. The highest BCUT2D eigenvalue weighted by Crippen LogP contribution is 2.35. The van der Waals surface area contributed by atoms with E-state index in [0.29, 0.717) is 57.7 Å². The summed E-state index contributed by atoms with van der Waals surface area (Å²) in [6.07, 6.45) is 3.24. The number of hydrogen-bond acceptors (Lipinski definition) is 9. The largest absolute Gasteiger partial charge is 0.493 e. The summed E-state index contributed by atoms with van der Waals surface area (Å²) >= 11 is 1.23. The fourth-order valence-corrected chi connectivity index (χ4v) is 5.96. The molecule has 0 radical (unpaired) electrons. The van der Waals surface area contributed by atoms with E-state index in [-0.39, 0.29) is 11.1 Å². The van der Waals surface area contributed by atoms with E-state index in [1.54, 1.807) is 25.3 Å². The van der Waals surface area contributed by atoms with Crippen LogP contribution in [-0.4, -0.2) is 38.0 Å². The van der Waals surface area contributed by atoms with Crippen molar-refractivity contribution >= 4 is 23.4 Å². The van der Waals surface area contributed by atoms with Gasteiger partial charge in [-0.2, -0.15) is 0 Å². The molecule has 1 atom stereocenters. The highest BCUT2D eigenvalue weighted by molar-refractivity contribution is 7.07. The van der Waals surface area contributed by atoms with Crippen molar-refractivity contribution in [3.05, 3.63) is 114 Å². The van der Waals surface area contributed by atoms with E-state index in [4.69, 9.17) is 23.7 Å². The van der Waals surface area contributed by atoms with E-state index in [0.717, 1.165) is 16.7 Å². The van der Waals surface area contributed by atoms with Crippen molar-refractivity contribution < 1.29 is 28.5 Å². The van der Waals surface area contributed by atoms with E-state index in [1.807, 2.05) is 63.2 Å². The number of aromatic nitrogens is 1. The fraction of sp³-hybridized carbons (Fsp3) is 0.265. The van der Waals surface area contributed by atoms with Gasteiger partial charge in [0.1, 0.15) is 6.61 Å². The van der Waals surface area contributed by atoms with Gasteiger partial charge in [0.25, 0.3) is 5.56 Å².